The first-order valence-corrected chi connectivity index (χ1v) is 13.9. The molecule has 0 spiro atoms. The molecule has 0 aromatic heterocycles. The van der Waals surface area contributed by atoms with Gasteiger partial charge in [0.15, 0.2) is 0 Å². The van der Waals surface area contributed by atoms with E-state index in [1.807, 2.05) is 6.92 Å². The summed E-state index contributed by atoms with van der Waals surface area (Å²) in [7, 11) is 0. The zero-order valence-corrected chi connectivity index (χ0v) is 22.4. The van der Waals surface area contributed by atoms with Gasteiger partial charge in [0.2, 0.25) is 0 Å². The predicted molar refractivity (Wildman–Crippen MR) is 134 cm³/mol. The number of aliphatic hydroxyl groups excluding tert-OH is 1. The topological polar surface area (TPSA) is 77.8 Å². The zero-order chi connectivity index (χ0) is 25.1. The molecule has 5 aliphatic carbocycles. The number of fused-ring (bicyclic) bond motifs is 7. The maximum atomic E-state index is 12.8. The van der Waals surface area contributed by atoms with Crippen LogP contribution in [-0.2, 0) is 4.79 Å². The van der Waals surface area contributed by atoms with Crippen LogP contribution in [0.25, 0.3) is 0 Å². The molecule has 5 aliphatic rings. The van der Waals surface area contributed by atoms with Gasteiger partial charge < -0.3 is 15.3 Å². The third-order valence-corrected chi connectivity index (χ3v) is 13.6. The Morgan fingerprint density at radius 2 is 1.50 bits per heavy atom. The Labute approximate surface area is 206 Å². The minimum atomic E-state index is -0.984. The number of aliphatic hydroxyl groups is 2. The molecule has 0 heterocycles. The third-order valence-electron chi connectivity index (χ3n) is 13.6. The smallest absolute Gasteiger partial charge is 0.310 e. The van der Waals surface area contributed by atoms with Gasteiger partial charge >= 0.3 is 5.97 Å². The van der Waals surface area contributed by atoms with Crippen LogP contribution in [0.3, 0.4) is 0 Å². The lowest BCUT2D eigenvalue weighted by atomic mass is 9.31. The fourth-order valence-electron chi connectivity index (χ4n) is 11.5. The number of hydrogen-bond donors (Lipinski definition) is 3. The van der Waals surface area contributed by atoms with E-state index in [1.165, 1.54) is 0 Å². The van der Waals surface area contributed by atoms with Crippen LogP contribution in [0.5, 0.6) is 0 Å². The van der Waals surface area contributed by atoms with Gasteiger partial charge in [0.1, 0.15) is 0 Å². The number of rotatable bonds is 2. The minimum Gasteiger partial charge on any atom is -0.481 e. The number of allylic oxidation sites excluding steroid dienone is 1. The second kappa shape index (κ2) is 7.12. The van der Waals surface area contributed by atoms with Crippen molar-refractivity contribution in [1.29, 1.82) is 0 Å². The van der Waals surface area contributed by atoms with Gasteiger partial charge in [-0.05, 0) is 105 Å². The Bertz CT molecular complexity index is 909. The standard InChI is InChI=1S/C30H48O4/c1-18(2)19-8-14-29(24(32)33)17-16-28(7)27(6)13-9-20-25(3,4)22(31)11-12-26(20,5)21(27)10-15-30(28,34)23(19)29/h19-23,31,34H,1,8-17H2,2-7H3,(H,32,33)/t19-,20-,21+,22?,23-,26-,27+,28-,29-,30-/m0/s1. The van der Waals surface area contributed by atoms with E-state index in [0.29, 0.717) is 31.1 Å². The van der Waals surface area contributed by atoms with Crippen LogP contribution < -0.4 is 0 Å². The summed E-state index contributed by atoms with van der Waals surface area (Å²) < 4.78 is 0. The number of carboxylic acid groups (broad SMARTS) is 1. The molecule has 4 heteroatoms. The van der Waals surface area contributed by atoms with Crippen molar-refractivity contribution < 1.29 is 20.1 Å². The number of aliphatic carboxylic acids is 1. The summed E-state index contributed by atoms with van der Waals surface area (Å²) in [6.45, 7) is 18.1. The first kappa shape index (κ1) is 24.8. The summed E-state index contributed by atoms with van der Waals surface area (Å²) >= 11 is 0. The molecule has 0 amide bonds. The number of hydrogen-bond acceptors (Lipinski definition) is 3. The first-order chi connectivity index (χ1) is 15.6. The molecule has 0 bridgehead atoms. The molecule has 5 rings (SSSR count). The molecule has 0 radical (unpaired) electrons. The van der Waals surface area contributed by atoms with Gasteiger partial charge in [-0.3, -0.25) is 4.79 Å². The van der Waals surface area contributed by atoms with Crippen LogP contribution in [0.2, 0.25) is 0 Å². The van der Waals surface area contributed by atoms with Crippen molar-refractivity contribution in [3.63, 3.8) is 0 Å². The van der Waals surface area contributed by atoms with Gasteiger partial charge in [-0.25, -0.2) is 0 Å². The Hall–Kier alpha value is -0.870. The van der Waals surface area contributed by atoms with Crippen molar-refractivity contribution in [1.82, 2.24) is 0 Å². The van der Waals surface area contributed by atoms with Gasteiger partial charge in [-0.1, -0.05) is 46.8 Å². The van der Waals surface area contributed by atoms with E-state index in [1.54, 1.807) is 0 Å². The highest BCUT2D eigenvalue weighted by atomic mass is 16.4. The van der Waals surface area contributed by atoms with Crippen molar-refractivity contribution in [2.75, 3.05) is 0 Å². The Kier molecular flexibility index (Phi) is 5.20. The normalized spacial score (nSPS) is 55.9. The largest absolute Gasteiger partial charge is 0.481 e. The van der Waals surface area contributed by atoms with E-state index in [2.05, 4.69) is 41.2 Å². The van der Waals surface area contributed by atoms with Gasteiger partial charge in [0, 0.05) is 11.3 Å². The molecule has 0 saturated heterocycles. The highest BCUT2D eigenvalue weighted by molar-refractivity contribution is 5.76. The second-order valence-electron chi connectivity index (χ2n) is 14.7. The lowest BCUT2D eigenvalue weighted by Crippen LogP contribution is -2.73. The van der Waals surface area contributed by atoms with Crippen molar-refractivity contribution in [3.05, 3.63) is 12.2 Å². The Balaban J connectivity index is 1.61. The van der Waals surface area contributed by atoms with Gasteiger partial charge in [0.05, 0.1) is 17.1 Å². The van der Waals surface area contributed by atoms with Crippen molar-refractivity contribution in [3.8, 4) is 0 Å². The van der Waals surface area contributed by atoms with E-state index in [9.17, 15) is 20.1 Å². The maximum absolute atomic E-state index is 12.8. The third kappa shape index (κ3) is 2.61. The van der Waals surface area contributed by atoms with E-state index in [-0.39, 0.29) is 39.6 Å². The minimum absolute atomic E-state index is 0.0451. The van der Waals surface area contributed by atoms with Crippen molar-refractivity contribution in [2.45, 2.75) is 117 Å². The van der Waals surface area contributed by atoms with Gasteiger partial charge in [0.25, 0.3) is 0 Å². The van der Waals surface area contributed by atoms with E-state index >= 15 is 0 Å². The zero-order valence-electron chi connectivity index (χ0n) is 22.4. The lowest BCUT2D eigenvalue weighted by molar-refractivity contribution is -0.305. The summed E-state index contributed by atoms with van der Waals surface area (Å²) in [5.74, 6) is 0.0895. The molecule has 3 N–H and O–H groups in total. The average molecular weight is 473 g/mol. The molecule has 192 valence electrons. The molecule has 5 fully saturated rings. The molecule has 10 atom stereocenters. The first-order valence-electron chi connectivity index (χ1n) is 13.9. The molecule has 0 aliphatic heterocycles. The van der Waals surface area contributed by atoms with Crippen LogP contribution >= 0.6 is 0 Å². The van der Waals surface area contributed by atoms with Crippen LogP contribution in [0.1, 0.15) is 106 Å². The Morgan fingerprint density at radius 3 is 2.12 bits per heavy atom. The monoisotopic (exact) mass is 472 g/mol. The van der Waals surface area contributed by atoms with Crippen LogP contribution in [0.15, 0.2) is 12.2 Å². The molecular weight excluding hydrogens is 424 g/mol. The summed E-state index contributed by atoms with van der Waals surface area (Å²) in [5, 5.41) is 34.2. The molecule has 5 saturated carbocycles. The maximum Gasteiger partial charge on any atom is 0.310 e. The fourth-order valence-corrected chi connectivity index (χ4v) is 11.5. The Morgan fingerprint density at radius 1 is 0.853 bits per heavy atom. The van der Waals surface area contributed by atoms with E-state index < -0.39 is 17.0 Å². The predicted octanol–water partition coefficient (Wildman–Crippen LogP) is 6.20. The summed E-state index contributed by atoms with van der Waals surface area (Å²) in [6.07, 6.45) is 8.39. The molecule has 4 nitrogen and oxygen atoms in total. The van der Waals surface area contributed by atoms with Crippen molar-refractivity contribution in [2.24, 2.45) is 50.7 Å². The molecule has 0 aromatic rings. The SMILES string of the molecule is C=C(C)[C@@H]1CC[C@]2(C(=O)O)CC[C@@]3(C)[C@]4(C)CC[C@H]5C(C)(C)C(O)CC[C@]5(C)[C@H]4CC[C@]3(O)[C@@H]12. The average Bonchev–Trinajstić information content (AvgIpc) is 3.16. The highest BCUT2D eigenvalue weighted by Gasteiger charge is 2.77. The second-order valence-corrected chi connectivity index (χ2v) is 14.7. The van der Waals surface area contributed by atoms with Crippen LogP contribution in [0.4, 0.5) is 0 Å². The fraction of sp³-hybridized carbons (Fsp3) is 0.900. The van der Waals surface area contributed by atoms with E-state index in [0.717, 1.165) is 50.5 Å². The number of carboxylic acids is 1. The number of carbonyl (C=O) groups is 1. The molecular formula is C30H48O4. The molecule has 0 aromatic carbocycles. The van der Waals surface area contributed by atoms with Gasteiger partial charge in [-0.2, -0.15) is 0 Å². The van der Waals surface area contributed by atoms with E-state index in [4.69, 9.17) is 0 Å². The highest BCUT2D eigenvalue weighted by Crippen LogP contribution is 2.78. The summed E-state index contributed by atoms with van der Waals surface area (Å²) in [4.78, 5) is 12.8. The summed E-state index contributed by atoms with van der Waals surface area (Å²) in [6, 6.07) is 0. The summed E-state index contributed by atoms with van der Waals surface area (Å²) in [5.41, 5.74) is -1.08. The van der Waals surface area contributed by atoms with Gasteiger partial charge in [-0.15, -0.1) is 0 Å². The quantitative estimate of drug-likeness (QED) is 0.418. The molecule has 34 heavy (non-hydrogen) atoms. The van der Waals surface area contributed by atoms with Crippen LogP contribution in [-0.4, -0.2) is 33.0 Å². The van der Waals surface area contributed by atoms with Crippen LogP contribution in [0, 0.1) is 50.7 Å². The molecule has 1 unspecified atom stereocenters. The van der Waals surface area contributed by atoms with Crippen molar-refractivity contribution >= 4 is 5.97 Å². The lowest BCUT2D eigenvalue weighted by Gasteiger charge is -2.74.